The predicted molar refractivity (Wildman–Crippen MR) is 73.1 cm³/mol. The van der Waals surface area contributed by atoms with Crippen LogP contribution in [0, 0.1) is 5.82 Å². The van der Waals surface area contributed by atoms with Crippen molar-refractivity contribution in [3.05, 3.63) is 41.5 Å². The van der Waals surface area contributed by atoms with E-state index in [-0.39, 0.29) is 5.82 Å². The van der Waals surface area contributed by atoms with Gasteiger partial charge in [-0.1, -0.05) is 30.8 Å². The van der Waals surface area contributed by atoms with Crippen LogP contribution in [0.4, 0.5) is 4.39 Å². The first-order valence-electron chi connectivity index (χ1n) is 6.19. The summed E-state index contributed by atoms with van der Waals surface area (Å²) >= 11 is 1.61. The molecule has 0 amide bonds. The highest BCUT2D eigenvalue weighted by molar-refractivity contribution is 7.99. The monoisotopic (exact) mass is 276 g/mol. The summed E-state index contributed by atoms with van der Waals surface area (Å²) in [6, 6.07) is 6.42. The smallest absolute Gasteiger partial charge is 0.207 e. The van der Waals surface area contributed by atoms with Gasteiger partial charge >= 0.3 is 0 Å². The highest BCUT2D eigenvalue weighted by Gasteiger charge is 2.19. The van der Waals surface area contributed by atoms with E-state index in [0.29, 0.717) is 0 Å². The average molecular weight is 276 g/mol. The van der Waals surface area contributed by atoms with Crippen molar-refractivity contribution in [1.29, 1.82) is 0 Å². The number of hydrogen-bond donors (Lipinski definition) is 0. The molecule has 4 nitrogen and oxygen atoms in total. The largest absolute Gasteiger partial charge is 0.212 e. The van der Waals surface area contributed by atoms with Crippen molar-refractivity contribution in [3.63, 3.8) is 0 Å². The molecule has 6 heteroatoms. The number of halogens is 1. The molecule has 0 saturated carbocycles. The SMILES string of the molecule is CCCc1nnc2n1N=C(c1ccc(F)cc1)CS2. The number of thioether (sulfide) groups is 1. The number of rotatable bonds is 3. The molecule has 0 bridgehead atoms. The van der Waals surface area contributed by atoms with Crippen LogP contribution in [-0.4, -0.2) is 26.3 Å². The standard InChI is InChI=1S/C13H13FN4S/c1-2-3-12-15-16-13-18(12)17-11(8-19-13)9-4-6-10(14)7-5-9/h4-7H,2-3,8H2,1H3. The first kappa shape index (κ1) is 12.3. The molecule has 1 aromatic heterocycles. The molecule has 0 radical (unpaired) electrons. The van der Waals surface area contributed by atoms with Gasteiger partial charge < -0.3 is 0 Å². The van der Waals surface area contributed by atoms with E-state index in [4.69, 9.17) is 0 Å². The van der Waals surface area contributed by atoms with Crippen LogP contribution in [0.2, 0.25) is 0 Å². The molecule has 0 unspecified atom stereocenters. The molecular formula is C13H13FN4S. The summed E-state index contributed by atoms with van der Waals surface area (Å²) in [6.45, 7) is 2.10. The van der Waals surface area contributed by atoms with Crippen molar-refractivity contribution in [2.24, 2.45) is 5.10 Å². The van der Waals surface area contributed by atoms with Crippen molar-refractivity contribution in [1.82, 2.24) is 14.9 Å². The fraction of sp³-hybridized carbons (Fsp3) is 0.308. The van der Waals surface area contributed by atoms with Crippen LogP contribution in [0.3, 0.4) is 0 Å². The van der Waals surface area contributed by atoms with Gasteiger partial charge in [0.15, 0.2) is 5.82 Å². The Labute approximate surface area is 114 Å². The number of aromatic nitrogens is 3. The van der Waals surface area contributed by atoms with Crippen LogP contribution in [-0.2, 0) is 6.42 Å². The summed E-state index contributed by atoms with van der Waals surface area (Å²) in [7, 11) is 0. The molecular weight excluding hydrogens is 263 g/mol. The van der Waals surface area contributed by atoms with Crippen LogP contribution in [0.1, 0.15) is 24.7 Å². The summed E-state index contributed by atoms with van der Waals surface area (Å²) in [5.41, 5.74) is 1.87. The second-order valence-electron chi connectivity index (χ2n) is 4.30. The van der Waals surface area contributed by atoms with Gasteiger partial charge in [-0.2, -0.15) is 9.78 Å². The number of benzene rings is 1. The lowest BCUT2D eigenvalue weighted by Gasteiger charge is -2.13. The minimum absolute atomic E-state index is 0.232. The number of aryl methyl sites for hydroxylation is 1. The molecule has 0 spiro atoms. The zero-order valence-electron chi connectivity index (χ0n) is 10.5. The second-order valence-corrected chi connectivity index (χ2v) is 5.25. The molecule has 0 N–H and O–H groups in total. The van der Waals surface area contributed by atoms with E-state index < -0.39 is 0 Å². The van der Waals surface area contributed by atoms with E-state index in [9.17, 15) is 4.39 Å². The highest BCUT2D eigenvalue weighted by atomic mass is 32.2. The van der Waals surface area contributed by atoms with Crippen molar-refractivity contribution in [3.8, 4) is 0 Å². The first-order chi connectivity index (χ1) is 9.28. The van der Waals surface area contributed by atoms with Crippen molar-refractivity contribution < 1.29 is 4.39 Å². The van der Waals surface area contributed by atoms with E-state index in [0.717, 1.165) is 40.9 Å². The lowest BCUT2D eigenvalue weighted by atomic mass is 10.1. The zero-order valence-corrected chi connectivity index (χ0v) is 11.3. The van der Waals surface area contributed by atoms with Crippen LogP contribution < -0.4 is 0 Å². The third-order valence-corrected chi connectivity index (χ3v) is 3.82. The molecule has 1 aliphatic heterocycles. The van der Waals surface area contributed by atoms with Gasteiger partial charge in [0.2, 0.25) is 5.16 Å². The van der Waals surface area contributed by atoms with Crippen LogP contribution in [0.5, 0.6) is 0 Å². The Bertz CT molecular complexity index is 618. The zero-order chi connectivity index (χ0) is 13.2. The van der Waals surface area contributed by atoms with Gasteiger partial charge in [0.25, 0.3) is 0 Å². The van der Waals surface area contributed by atoms with E-state index >= 15 is 0 Å². The highest BCUT2D eigenvalue weighted by Crippen LogP contribution is 2.24. The van der Waals surface area contributed by atoms with Gasteiger partial charge in [-0.15, -0.1) is 10.2 Å². The Morgan fingerprint density at radius 3 is 2.79 bits per heavy atom. The topological polar surface area (TPSA) is 43.1 Å². The molecule has 0 atom stereocenters. The third-order valence-electron chi connectivity index (χ3n) is 2.89. The van der Waals surface area contributed by atoms with E-state index in [1.165, 1.54) is 12.1 Å². The third kappa shape index (κ3) is 2.40. The molecule has 0 aliphatic carbocycles. The van der Waals surface area contributed by atoms with Gasteiger partial charge in [-0.05, 0) is 24.1 Å². The Balaban J connectivity index is 1.98. The summed E-state index contributed by atoms with van der Waals surface area (Å²) in [4.78, 5) is 0. The Hall–Kier alpha value is -1.69. The van der Waals surface area contributed by atoms with Crippen molar-refractivity contribution in [2.75, 3.05) is 5.75 Å². The van der Waals surface area contributed by atoms with Crippen molar-refractivity contribution in [2.45, 2.75) is 24.9 Å². The molecule has 0 fully saturated rings. The maximum absolute atomic E-state index is 12.9. The normalized spacial score (nSPS) is 14.1. The van der Waals surface area contributed by atoms with E-state index in [1.807, 2.05) is 0 Å². The van der Waals surface area contributed by atoms with Crippen molar-refractivity contribution >= 4 is 17.5 Å². The summed E-state index contributed by atoms with van der Waals surface area (Å²) in [6.07, 6.45) is 1.86. The number of nitrogens with zero attached hydrogens (tertiary/aromatic N) is 4. The second kappa shape index (κ2) is 5.13. The minimum Gasteiger partial charge on any atom is -0.207 e. The number of hydrogen-bond acceptors (Lipinski definition) is 4. The predicted octanol–water partition coefficient (Wildman–Crippen LogP) is 2.73. The molecule has 0 saturated heterocycles. The number of fused-ring (bicyclic) bond motifs is 1. The minimum atomic E-state index is -0.232. The van der Waals surface area contributed by atoms with Crippen LogP contribution >= 0.6 is 11.8 Å². The van der Waals surface area contributed by atoms with Gasteiger partial charge in [0.05, 0.1) is 5.71 Å². The quantitative estimate of drug-likeness (QED) is 0.865. The molecule has 19 heavy (non-hydrogen) atoms. The Kier molecular flexibility index (Phi) is 3.33. The molecule has 2 heterocycles. The van der Waals surface area contributed by atoms with E-state index in [1.54, 1.807) is 28.6 Å². The lowest BCUT2D eigenvalue weighted by Crippen LogP contribution is -2.14. The Morgan fingerprint density at radius 1 is 1.26 bits per heavy atom. The maximum atomic E-state index is 12.9. The van der Waals surface area contributed by atoms with Gasteiger partial charge in [-0.25, -0.2) is 4.39 Å². The van der Waals surface area contributed by atoms with Gasteiger partial charge in [0.1, 0.15) is 5.82 Å². The maximum Gasteiger partial charge on any atom is 0.212 e. The summed E-state index contributed by atoms with van der Waals surface area (Å²) in [5, 5.41) is 13.7. The molecule has 2 aromatic rings. The summed E-state index contributed by atoms with van der Waals surface area (Å²) in [5.74, 6) is 1.38. The Morgan fingerprint density at radius 2 is 2.05 bits per heavy atom. The van der Waals surface area contributed by atoms with Gasteiger partial charge in [0, 0.05) is 12.2 Å². The molecule has 1 aromatic carbocycles. The fourth-order valence-corrected chi connectivity index (χ4v) is 2.79. The first-order valence-corrected chi connectivity index (χ1v) is 7.17. The molecule has 98 valence electrons. The lowest BCUT2D eigenvalue weighted by molar-refractivity contribution is 0.627. The van der Waals surface area contributed by atoms with E-state index in [2.05, 4.69) is 22.2 Å². The average Bonchev–Trinajstić information content (AvgIpc) is 2.83. The van der Waals surface area contributed by atoms with Crippen LogP contribution in [0.25, 0.3) is 0 Å². The van der Waals surface area contributed by atoms with Crippen LogP contribution in [0.15, 0.2) is 34.5 Å². The molecule has 1 aliphatic rings. The molecule has 3 rings (SSSR count). The fourth-order valence-electron chi connectivity index (χ4n) is 1.93. The van der Waals surface area contributed by atoms with Gasteiger partial charge in [-0.3, -0.25) is 0 Å². The summed E-state index contributed by atoms with van der Waals surface area (Å²) < 4.78 is 14.7.